The smallest absolute Gasteiger partial charge is 0.330 e. The number of hydrogen-bond donors (Lipinski definition) is 3. The van der Waals surface area contributed by atoms with E-state index in [0.29, 0.717) is 0 Å². The Balaban J connectivity index is 4.68. The molecule has 0 aromatic carbocycles. The zero-order chi connectivity index (χ0) is 11.3. The van der Waals surface area contributed by atoms with Gasteiger partial charge in [0, 0.05) is 5.57 Å². The van der Waals surface area contributed by atoms with Gasteiger partial charge in [-0.2, -0.15) is 0 Å². The van der Waals surface area contributed by atoms with Crippen molar-refractivity contribution >= 4 is 17.9 Å². The number of carboxylic acids is 3. The minimum atomic E-state index is -1.35. The Bertz CT molecular complexity index is 290. The maximum absolute atomic E-state index is 10.5. The standard InChI is InChI=1S/C8H10O6/c1-4(7(11)12)2-5(8(13)14)3-6(9)10/h2,5H,3H2,1H3,(H,9,10)(H,11,12)(H,13,14). The zero-order valence-electron chi connectivity index (χ0n) is 7.43. The molecule has 1 atom stereocenters. The van der Waals surface area contributed by atoms with Gasteiger partial charge in [0.05, 0.1) is 12.3 Å². The summed E-state index contributed by atoms with van der Waals surface area (Å²) >= 11 is 0. The molecule has 3 N–H and O–H groups in total. The Morgan fingerprint density at radius 1 is 1.21 bits per heavy atom. The summed E-state index contributed by atoms with van der Waals surface area (Å²) in [7, 11) is 0. The summed E-state index contributed by atoms with van der Waals surface area (Å²) in [5.74, 6) is -5.20. The van der Waals surface area contributed by atoms with Gasteiger partial charge in [-0.15, -0.1) is 0 Å². The van der Waals surface area contributed by atoms with Crippen molar-refractivity contribution in [2.24, 2.45) is 5.92 Å². The molecule has 6 nitrogen and oxygen atoms in total. The second-order valence-electron chi connectivity index (χ2n) is 2.70. The molecule has 0 bridgehead atoms. The molecule has 0 saturated heterocycles. The monoisotopic (exact) mass is 202 g/mol. The van der Waals surface area contributed by atoms with Crippen molar-refractivity contribution in [3.8, 4) is 0 Å². The van der Waals surface area contributed by atoms with Crippen molar-refractivity contribution < 1.29 is 29.7 Å². The van der Waals surface area contributed by atoms with Gasteiger partial charge in [-0.3, -0.25) is 9.59 Å². The van der Waals surface area contributed by atoms with Crippen molar-refractivity contribution in [1.29, 1.82) is 0 Å². The molecule has 78 valence electrons. The fraction of sp³-hybridized carbons (Fsp3) is 0.375. The summed E-state index contributed by atoms with van der Waals surface area (Å²) in [6, 6.07) is 0. The number of aliphatic carboxylic acids is 3. The van der Waals surface area contributed by atoms with Gasteiger partial charge < -0.3 is 15.3 Å². The second-order valence-corrected chi connectivity index (χ2v) is 2.70. The highest BCUT2D eigenvalue weighted by Gasteiger charge is 2.19. The average molecular weight is 202 g/mol. The number of carboxylic acid groups (broad SMARTS) is 3. The first-order valence-electron chi connectivity index (χ1n) is 3.71. The topological polar surface area (TPSA) is 112 Å². The highest BCUT2D eigenvalue weighted by Crippen LogP contribution is 2.09. The van der Waals surface area contributed by atoms with Gasteiger partial charge >= 0.3 is 17.9 Å². The molecule has 0 aliphatic heterocycles. The zero-order valence-corrected chi connectivity index (χ0v) is 7.43. The number of rotatable bonds is 5. The van der Waals surface area contributed by atoms with E-state index in [2.05, 4.69) is 0 Å². The molecule has 0 spiro atoms. The van der Waals surface area contributed by atoms with Crippen LogP contribution < -0.4 is 0 Å². The van der Waals surface area contributed by atoms with Crippen molar-refractivity contribution in [2.45, 2.75) is 13.3 Å². The second kappa shape index (κ2) is 5.00. The van der Waals surface area contributed by atoms with Gasteiger partial charge in [0.15, 0.2) is 0 Å². The summed E-state index contributed by atoms with van der Waals surface area (Å²) in [4.78, 5) is 31.1. The first kappa shape index (κ1) is 12.2. The van der Waals surface area contributed by atoms with Crippen LogP contribution in [0, 0.1) is 5.92 Å². The number of hydrogen-bond acceptors (Lipinski definition) is 3. The molecule has 0 radical (unpaired) electrons. The molecule has 0 heterocycles. The van der Waals surface area contributed by atoms with E-state index in [1.807, 2.05) is 0 Å². The third-order valence-electron chi connectivity index (χ3n) is 1.50. The van der Waals surface area contributed by atoms with Gasteiger partial charge in [0.25, 0.3) is 0 Å². The lowest BCUT2D eigenvalue weighted by Crippen LogP contribution is -2.16. The van der Waals surface area contributed by atoms with Gasteiger partial charge in [-0.1, -0.05) is 6.08 Å². The molecule has 0 saturated carbocycles. The van der Waals surface area contributed by atoms with Crippen molar-refractivity contribution in [3.63, 3.8) is 0 Å². The summed E-state index contributed by atoms with van der Waals surface area (Å²) in [5.41, 5.74) is -0.182. The van der Waals surface area contributed by atoms with E-state index in [-0.39, 0.29) is 5.57 Å². The Kier molecular flexibility index (Phi) is 4.34. The fourth-order valence-corrected chi connectivity index (χ4v) is 0.779. The lowest BCUT2D eigenvalue weighted by Gasteiger charge is -2.04. The maximum Gasteiger partial charge on any atom is 0.330 e. The molecule has 0 rings (SSSR count). The Hall–Kier alpha value is -1.85. The molecule has 14 heavy (non-hydrogen) atoms. The van der Waals surface area contributed by atoms with Gasteiger partial charge in [-0.25, -0.2) is 4.79 Å². The van der Waals surface area contributed by atoms with Crippen LogP contribution in [0.1, 0.15) is 13.3 Å². The van der Waals surface area contributed by atoms with Crippen LogP contribution in [0.3, 0.4) is 0 Å². The van der Waals surface area contributed by atoms with E-state index in [0.717, 1.165) is 6.08 Å². The van der Waals surface area contributed by atoms with E-state index in [1.165, 1.54) is 6.92 Å². The SMILES string of the molecule is CC(=CC(CC(=O)O)C(=O)O)C(=O)O. The van der Waals surface area contributed by atoms with E-state index >= 15 is 0 Å². The van der Waals surface area contributed by atoms with Crippen molar-refractivity contribution in [1.82, 2.24) is 0 Å². The van der Waals surface area contributed by atoms with Crippen LogP contribution in [0.4, 0.5) is 0 Å². The quantitative estimate of drug-likeness (QED) is 0.548. The normalized spacial score (nSPS) is 13.4. The van der Waals surface area contributed by atoms with E-state index in [4.69, 9.17) is 15.3 Å². The summed E-state index contributed by atoms with van der Waals surface area (Å²) < 4.78 is 0. The van der Waals surface area contributed by atoms with Gasteiger partial charge in [-0.05, 0) is 6.92 Å². The van der Waals surface area contributed by atoms with Crippen LogP contribution in [-0.4, -0.2) is 33.2 Å². The van der Waals surface area contributed by atoms with E-state index < -0.39 is 30.2 Å². The molecule has 0 aliphatic rings. The largest absolute Gasteiger partial charge is 0.481 e. The first-order valence-corrected chi connectivity index (χ1v) is 3.71. The van der Waals surface area contributed by atoms with Crippen molar-refractivity contribution in [3.05, 3.63) is 11.6 Å². The van der Waals surface area contributed by atoms with Crippen molar-refractivity contribution in [2.75, 3.05) is 0 Å². The molecule has 6 heteroatoms. The maximum atomic E-state index is 10.5. The van der Waals surface area contributed by atoms with Crippen LogP contribution in [-0.2, 0) is 14.4 Å². The van der Waals surface area contributed by atoms with Crippen LogP contribution in [0.5, 0.6) is 0 Å². The fourth-order valence-electron chi connectivity index (χ4n) is 0.779. The van der Waals surface area contributed by atoms with Crippen LogP contribution in [0.2, 0.25) is 0 Å². The molecule has 0 aromatic heterocycles. The summed E-state index contributed by atoms with van der Waals surface area (Å²) in [5, 5.41) is 25.3. The summed E-state index contributed by atoms with van der Waals surface area (Å²) in [6.07, 6.45) is 0.290. The molecule has 1 unspecified atom stereocenters. The minimum absolute atomic E-state index is 0.182. The molecule has 0 amide bonds. The average Bonchev–Trinajstić information content (AvgIpc) is 2.01. The molecular weight excluding hydrogens is 192 g/mol. The third-order valence-corrected chi connectivity index (χ3v) is 1.50. The van der Waals surface area contributed by atoms with Crippen LogP contribution in [0.15, 0.2) is 11.6 Å². The third kappa shape index (κ3) is 4.24. The molecular formula is C8H10O6. The minimum Gasteiger partial charge on any atom is -0.481 e. The molecule has 0 aromatic rings. The molecule has 0 fully saturated rings. The summed E-state index contributed by atoms with van der Waals surface area (Å²) in [6.45, 7) is 1.21. The lowest BCUT2D eigenvalue weighted by atomic mass is 10.0. The van der Waals surface area contributed by atoms with Gasteiger partial charge in [0.2, 0.25) is 0 Å². The molecule has 0 aliphatic carbocycles. The van der Waals surface area contributed by atoms with E-state index in [9.17, 15) is 14.4 Å². The lowest BCUT2D eigenvalue weighted by molar-refractivity contribution is -0.146. The Morgan fingerprint density at radius 3 is 2.00 bits per heavy atom. The van der Waals surface area contributed by atoms with E-state index in [1.54, 1.807) is 0 Å². The van der Waals surface area contributed by atoms with Gasteiger partial charge in [0.1, 0.15) is 0 Å². The highest BCUT2D eigenvalue weighted by atomic mass is 16.4. The first-order chi connectivity index (χ1) is 6.34. The Morgan fingerprint density at radius 2 is 1.71 bits per heavy atom. The predicted molar refractivity (Wildman–Crippen MR) is 44.8 cm³/mol. The van der Waals surface area contributed by atoms with Crippen LogP contribution >= 0.6 is 0 Å². The van der Waals surface area contributed by atoms with Crippen LogP contribution in [0.25, 0.3) is 0 Å². The number of carbonyl (C=O) groups is 3. The Labute approximate surface area is 79.5 Å². The predicted octanol–water partition coefficient (Wildman–Crippen LogP) is 0.193. The highest BCUT2D eigenvalue weighted by molar-refractivity contribution is 5.88.